The third-order valence-electron chi connectivity index (χ3n) is 2.66. The van der Waals surface area contributed by atoms with Crippen molar-refractivity contribution in [1.82, 2.24) is 9.97 Å². The predicted octanol–water partition coefficient (Wildman–Crippen LogP) is 2.94. The van der Waals surface area contributed by atoms with Crippen LogP contribution in [0.5, 0.6) is 5.88 Å². The summed E-state index contributed by atoms with van der Waals surface area (Å²) in [5.41, 5.74) is 2.46. The molecule has 0 saturated heterocycles. The molecule has 0 unspecified atom stereocenters. The molecule has 6 heteroatoms. The van der Waals surface area contributed by atoms with Crippen molar-refractivity contribution in [3.8, 4) is 5.88 Å². The van der Waals surface area contributed by atoms with Crippen LogP contribution in [0.1, 0.15) is 32.6 Å². The maximum absolute atomic E-state index is 5.73. The number of hydrogen-bond donors (Lipinski definition) is 2. The van der Waals surface area contributed by atoms with Crippen molar-refractivity contribution >= 4 is 27.5 Å². The van der Waals surface area contributed by atoms with Crippen molar-refractivity contribution in [2.45, 2.75) is 32.6 Å². The zero-order valence-corrected chi connectivity index (χ0v) is 11.3. The summed E-state index contributed by atoms with van der Waals surface area (Å²) in [5.74, 6) is 6.36. The number of anilines is 1. The molecular formula is C12H18N4OS. The van der Waals surface area contributed by atoms with Crippen molar-refractivity contribution in [2.24, 2.45) is 5.84 Å². The first-order valence-corrected chi connectivity index (χ1v) is 7.07. The first-order chi connectivity index (χ1) is 8.85. The third kappa shape index (κ3) is 3.08. The molecule has 2 heterocycles. The van der Waals surface area contributed by atoms with Crippen molar-refractivity contribution in [3.05, 3.63) is 11.4 Å². The minimum atomic E-state index is 0.397. The van der Waals surface area contributed by atoms with E-state index in [-0.39, 0.29) is 0 Å². The van der Waals surface area contributed by atoms with Gasteiger partial charge in [-0.25, -0.2) is 10.8 Å². The Morgan fingerprint density at radius 1 is 1.33 bits per heavy atom. The highest BCUT2D eigenvalue weighted by Crippen LogP contribution is 2.28. The fourth-order valence-electron chi connectivity index (χ4n) is 1.70. The van der Waals surface area contributed by atoms with Gasteiger partial charge in [0.15, 0.2) is 0 Å². The van der Waals surface area contributed by atoms with Gasteiger partial charge in [0.25, 0.3) is 0 Å². The zero-order valence-electron chi connectivity index (χ0n) is 10.5. The molecular weight excluding hydrogens is 248 g/mol. The molecule has 2 aromatic heterocycles. The summed E-state index contributed by atoms with van der Waals surface area (Å²) in [6.07, 6.45) is 4.71. The van der Waals surface area contributed by atoms with E-state index >= 15 is 0 Å². The number of thiophene rings is 1. The summed E-state index contributed by atoms with van der Waals surface area (Å²) in [6.45, 7) is 2.88. The number of hydrazine groups is 1. The highest BCUT2D eigenvalue weighted by molar-refractivity contribution is 7.16. The second-order valence-electron chi connectivity index (χ2n) is 4.05. The van der Waals surface area contributed by atoms with Gasteiger partial charge in [-0.3, -0.25) is 5.43 Å². The van der Waals surface area contributed by atoms with Crippen molar-refractivity contribution in [2.75, 3.05) is 12.0 Å². The van der Waals surface area contributed by atoms with E-state index < -0.39 is 0 Å². The Bertz CT molecular complexity index is 500. The average molecular weight is 266 g/mol. The number of nitrogen functional groups attached to an aromatic ring is 1. The van der Waals surface area contributed by atoms with Gasteiger partial charge in [0.1, 0.15) is 4.83 Å². The van der Waals surface area contributed by atoms with E-state index in [1.54, 1.807) is 11.3 Å². The van der Waals surface area contributed by atoms with Gasteiger partial charge in [-0.2, -0.15) is 4.98 Å². The first kappa shape index (κ1) is 13.0. The molecule has 5 nitrogen and oxygen atoms in total. The maximum atomic E-state index is 5.73. The van der Waals surface area contributed by atoms with Gasteiger partial charge in [0, 0.05) is 0 Å². The second-order valence-corrected chi connectivity index (χ2v) is 4.94. The Kier molecular flexibility index (Phi) is 4.72. The average Bonchev–Trinajstić information content (AvgIpc) is 2.86. The number of nitrogens with one attached hydrogen (secondary N) is 1. The number of rotatable bonds is 7. The van der Waals surface area contributed by atoms with Gasteiger partial charge in [-0.15, -0.1) is 11.3 Å². The molecule has 0 bridgehead atoms. The molecule has 0 saturated carbocycles. The Labute approximate surface area is 110 Å². The van der Waals surface area contributed by atoms with Gasteiger partial charge >= 0.3 is 0 Å². The Hall–Kier alpha value is -1.40. The monoisotopic (exact) mass is 266 g/mol. The summed E-state index contributed by atoms with van der Waals surface area (Å²) in [5, 5.41) is 2.93. The molecule has 18 heavy (non-hydrogen) atoms. The normalized spacial score (nSPS) is 10.8. The molecule has 2 rings (SSSR count). The molecule has 0 atom stereocenters. The molecule has 0 aliphatic rings. The lowest BCUT2D eigenvalue weighted by Gasteiger charge is -2.07. The van der Waals surface area contributed by atoms with Gasteiger partial charge in [0.05, 0.1) is 12.0 Å². The number of unbranched alkanes of at least 4 members (excludes halogenated alkanes) is 3. The van der Waals surface area contributed by atoms with Crippen LogP contribution >= 0.6 is 11.3 Å². The highest BCUT2D eigenvalue weighted by atomic mass is 32.1. The topological polar surface area (TPSA) is 73.1 Å². The number of nitrogens with zero attached hydrogens (tertiary/aromatic N) is 2. The number of ether oxygens (including phenoxy) is 1. The Balaban J connectivity index is 2.04. The van der Waals surface area contributed by atoms with Crippen LogP contribution in [0, 0.1) is 0 Å². The summed E-state index contributed by atoms with van der Waals surface area (Å²) in [4.78, 5) is 9.40. The lowest BCUT2D eigenvalue weighted by molar-refractivity contribution is 0.298. The Morgan fingerprint density at radius 3 is 3.00 bits per heavy atom. The number of fused-ring (bicyclic) bond motifs is 1. The van der Waals surface area contributed by atoms with E-state index in [1.165, 1.54) is 19.3 Å². The summed E-state index contributed by atoms with van der Waals surface area (Å²) in [7, 11) is 0. The van der Waals surface area contributed by atoms with E-state index in [2.05, 4.69) is 22.3 Å². The molecule has 0 aliphatic carbocycles. The molecule has 2 aromatic rings. The minimum absolute atomic E-state index is 0.397. The fraction of sp³-hybridized carbons (Fsp3) is 0.500. The molecule has 98 valence electrons. The van der Waals surface area contributed by atoms with Crippen LogP contribution < -0.4 is 16.0 Å². The third-order valence-corrected chi connectivity index (χ3v) is 3.46. The van der Waals surface area contributed by atoms with Crippen LogP contribution in [0.2, 0.25) is 0 Å². The van der Waals surface area contributed by atoms with Gasteiger partial charge in [-0.05, 0) is 17.9 Å². The van der Waals surface area contributed by atoms with Gasteiger partial charge < -0.3 is 4.74 Å². The first-order valence-electron chi connectivity index (χ1n) is 6.19. The highest BCUT2D eigenvalue weighted by Gasteiger charge is 2.09. The van der Waals surface area contributed by atoms with Crippen LogP contribution in [0.4, 0.5) is 5.95 Å². The number of aromatic nitrogens is 2. The van der Waals surface area contributed by atoms with E-state index in [0.717, 1.165) is 16.6 Å². The minimum Gasteiger partial charge on any atom is -0.477 e. The molecule has 3 N–H and O–H groups in total. The molecule has 0 fully saturated rings. The molecule has 0 spiro atoms. The van der Waals surface area contributed by atoms with Crippen molar-refractivity contribution in [1.29, 1.82) is 0 Å². The van der Waals surface area contributed by atoms with Crippen LogP contribution in [-0.4, -0.2) is 16.6 Å². The van der Waals surface area contributed by atoms with Crippen LogP contribution in [0.3, 0.4) is 0 Å². The van der Waals surface area contributed by atoms with Gasteiger partial charge in [-0.1, -0.05) is 26.2 Å². The van der Waals surface area contributed by atoms with Crippen LogP contribution in [-0.2, 0) is 0 Å². The second kappa shape index (κ2) is 6.51. The molecule has 0 radical (unpaired) electrons. The summed E-state index contributed by atoms with van der Waals surface area (Å²) < 4.78 is 5.73. The number of nitrogens with two attached hydrogens (primary N) is 1. The lowest BCUT2D eigenvalue weighted by atomic mass is 10.2. The van der Waals surface area contributed by atoms with Crippen LogP contribution in [0.25, 0.3) is 10.2 Å². The summed E-state index contributed by atoms with van der Waals surface area (Å²) >= 11 is 1.55. The fourth-order valence-corrected chi connectivity index (χ4v) is 2.45. The zero-order chi connectivity index (χ0) is 12.8. The maximum Gasteiger partial charge on any atom is 0.241 e. The van der Waals surface area contributed by atoms with E-state index in [9.17, 15) is 0 Å². The van der Waals surface area contributed by atoms with E-state index in [4.69, 9.17) is 10.6 Å². The van der Waals surface area contributed by atoms with Crippen LogP contribution in [0.15, 0.2) is 11.4 Å². The standard InChI is InChI=1S/C12H18N4OS/c1-2-3-4-5-7-17-10-9-6-8-18-11(9)15-12(14-10)16-13/h6,8H,2-5,7,13H2,1H3,(H,14,15,16). The Morgan fingerprint density at radius 2 is 2.22 bits per heavy atom. The SMILES string of the molecule is CCCCCCOc1nc(NN)nc2sccc12. The molecule has 0 aliphatic heterocycles. The largest absolute Gasteiger partial charge is 0.477 e. The lowest BCUT2D eigenvalue weighted by Crippen LogP contribution is -2.11. The van der Waals surface area contributed by atoms with E-state index in [1.807, 2.05) is 11.4 Å². The smallest absolute Gasteiger partial charge is 0.241 e. The molecule has 0 amide bonds. The van der Waals surface area contributed by atoms with E-state index in [0.29, 0.717) is 18.4 Å². The van der Waals surface area contributed by atoms with Crippen molar-refractivity contribution < 1.29 is 4.74 Å². The number of hydrogen-bond acceptors (Lipinski definition) is 6. The quantitative estimate of drug-likeness (QED) is 0.458. The molecule has 0 aromatic carbocycles. The summed E-state index contributed by atoms with van der Waals surface area (Å²) in [6, 6.07) is 1.97. The van der Waals surface area contributed by atoms with Gasteiger partial charge in [0.2, 0.25) is 11.8 Å². The predicted molar refractivity (Wildman–Crippen MR) is 74.9 cm³/mol. The van der Waals surface area contributed by atoms with Crippen molar-refractivity contribution in [3.63, 3.8) is 0 Å².